The molecular weight excluding hydrogens is 286 g/mol. The van der Waals surface area contributed by atoms with Gasteiger partial charge in [-0.05, 0) is 32.0 Å². The van der Waals surface area contributed by atoms with E-state index in [1.807, 2.05) is 6.92 Å². The largest absolute Gasteiger partial charge is 0.384 e. The minimum absolute atomic E-state index is 0.0622. The van der Waals surface area contributed by atoms with Gasteiger partial charge in [-0.15, -0.1) is 0 Å². The van der Waals surface area contributed by atoms with Crippen LogP contribution in [0.1, 0.15) is 32.8 Å². The summed E-state index contributed by atoms with van der Waals surface area (Å²) in [5, 5.41) is 7.31. The van der Waals surface area contributed by atoms with Gasteiger partial charge in [0.05, 0.1) is 10.6 Å². The van der Waals surface area contributed by atoms with Crippen molar-refractivity contribution in [3.8, 4) is 0 Å². The fourth-order valence-corrected chi connectivity index (χ4v) is 3.41. The fraction of sp³-hybridized carbons (Fsp3) is 0.533. The summed E-state index contributed by atoms with van der Waals surface area (Å²) >= 11 is 0. The van der Waals surface area contributed by atoms with Gasteiger partial charge in [-0.1, -0.05) is 26.0 Å². The minimum atomic E-state index is -3.30. The van der Waals surface area contributed by atoms with E-state index < -0.39 is 9.84 Å². The van der Waals surface area contributed by atoms with Crippen LogP contribution in [-0.4, -0.2) is 44.0 Å². The second-order valence-electron chi connectivity index (χ2n) is 5.14. The van der Waals surface area contributed by atoms with Crippen molar-refractivity contribution in [2.24, 2.45) is 5.73 Å². The van der Waals surface area contributed by atoms with E-state index in [-0.39, 0.29) is 16.5 Å². The Balaban J connectivity index is 2.79. The first kappa shape index (κ1) is 17.7. The standard InChI is InChI=1S/C15H25N3O2S/c1-4-12(3)18(5-2)10-11-21(19,20)14-8-6-13(7-9-14)15(16)17/h6-9,12H,4-5,10-11H2,1-3H3,(H3,16,17). The highest BCUT2D eigenvalue weighted by Gasteiger charge is 2.18. The van der Waals surface area contributed by atoms with Crippen molar-refractivity contribution in [2.75, 3.05) is 18.8 Å². The van der Waals surface area contributed by atoms with Crippen LogP contribution < -0.4 is 5.73 Å². The van der Waals surface area contributed by atoms with Gasteiger partial charge in [-0.3, -0.25) is 10.3 Å². The molecule has 0 saturated heterocycles. The molecule has 0 spiro atoms. The van der Waals surface area contributed by atoms with Crippen molar-refractivity contribution in [1.29, 1.82) is 5.41 Å². The molecule has 0 aromatic heterocycles. The lowest BCUT2D eigenvalue weighted by molar-refractivity contribution is 0.227. The number of rotatable bonds is 8. The maximum absolute atomic E-state index is 12.3. The zero-order valence-electron chi connectivity index (χ0n) is 13.0. The number of hydrogen-bond acceptors (Lipinski definition) is 4. The summed E-state index contributed by atoms with van der Waals surface area (Å²) in [6.07, 6.45) is 1.00. The summed E-state index contributed by atoms with van der Waals surface area (Å²) in [6.45, 7) is 7.62. The monoisotopic (exact) mass is 311 g/mol. The van der Waals surface area contributed by atoms with Crippen molar-refractivity contribution in [3.63, 3.8) is 0 Å². The van der Waals surface area contributed by atoms with Gasteiger partial charge >= 0.3 is 0 Å². The number of nitrogens with two attached hydrogens (primary N) is 1. The molecule has 118 valence electrons. The van der Waals surface area contributed by atoms with Crippen LogP contribution in [0.5, 0.6) is 0 Å². The number of sulfone groups is 1. The lowest BCUT2D eigenvalue weighted by atomic mass is 10.2. The molecule has 1 rings (SSSR count). The smallest absolute Gasteiger partial charge is 0.179 e. The van der Waals surface area contributed by atoms with Gasteiger partial charge in [-0.2, -0.15) is 0 Å². The van der Waals surface area contributed by atoms with E-state index in [1.165, 1.54) is 12.1 Å². The normalized spacial score (nSPS) is 13.3. The molecule has 1 atom stereocenters. The van der Waals surface area contributed by atoms with Gasteiger partial charge in [0.1, 0.15) is 5.84 Å². The number of nitrogens with one attached hydrogen (secondary N) is 1. The summed E-state index contributed by atoms with van der Waals surface area (Å²) in [6, 6.07) is 6.56. The van der Waals surface area contributed by atoms with Gasteiger partial charge in [-0.25, -0.2) is 8.42 Å². The Labute approximate surface area is 127 Å². The average molecular weight is 311 g/mol. The maximum atomic E-state index is 12.3. The van der Waals surface area contributed by atoms with Crippen LogP contribution in [0.25, 0.3) is 0 Å². The van der Waals surface area contributed by atoms with Crippen molar-refractivity contribution in [2.45, 2.75) is 38.1 Å². The summed E-state index contributed by atoms with van der Waals surface area (Å²) in [5.74, 6) is 0.0396. The predicted molar refractivity (Wildman–Crippen MR) is 86.5 cm³/mol. The lowest BCUT2D eigenvalue weighted by Crippen LogP contribution is -2.36. The molecule has 0 saturated carbocycles. The van der Waals surface area contributed by atoms with E-state index >= 15 is 0 Å². The van der Waals surface area contributed by atoms with Gasteiger partial charge in [0.25, 0.3) is 0 Å². The third kappa shape index (κ3) is 4.82. The Kier molecular flexibility index (Phi) is 6.36. The minimum Gasteiger partial charge on any atom is -0.384 e. The summed E-state index contributed by atoms with van der Waals surface area (Å²) in [4.78, 5) is 2.45. The maximum Gasteiger partial charge on any atom is 0.179 e. The molecule has 0 aliphatic rings. The van der Waals surface area contributed by atoms with E-state index in [4.69, 9.17) is 11.1 Å². The highest BCUT2D eigenvalue weighted by Crippen LogP contribution is 2.13. The van der Waals surface area contributed by atoms with Crippen molar-refractivity contribution >= 4 is 15.7 Å². The summed E-state index contributed by atoms with van der Waals surface area (Å²) in [7, 11) is -3.30. The summed E-state index contributed by atoms with van der Waals surface area (Å²) < 4.78 is 24.7. The third-order valence-electron chi connectivity index (χ3n) is 3.79. The number of hydrogen-bond donors (Lipinski definition) is 2. The predicted octanol–water partition coefficient (Wildman–Crippen LogP) is 1.86. The van der Waals surface area contributed by atoms with Gasteiger partial charge in [0.2, 0.25) is 0 Å². The molecule has 1 unspecified atom stereocenters. The van der Waals surface area contributed by atoms with Crippen LogP contribution in [0.3, 0.4) is 0 Å². The van der Waals surface area contributed by atoms with Gasteiger partial charge in [0, 0.05) is 18.2 Å². The molecule has 0 aliphatic carbocycles. The Bertz CT molecular complexity index is 567. The Morgan fingerprint density at radius 3 is 2.29 bits per heavy atom. The Morgan fingerprint density at radius 1 is 1.29 bits per heavy atom. The number of nitrogen functional groups attached to an aromatic ring is 1. The quantitative estimate of drug-likeness (QED) is 0.567. The second kappa shape index (κ2) is 7.56. The summed E-state index contributed by atoms with van der Waals surface area (Å²) in [5.41, 5.74) is 5.90. The number of nitrogens with zero attached hydrogens (tertiary/aromatic N) is 1. The van der Waals surface area contributed by atoms with Crippen molar-refractivity contribution < 1.29 is 8.42 Å². The SMILES string of the molecule is CCC(C)N(CC)CCS(=O)(=O)c1ccc(C(=N)N)cc1. The molecule has 21 heavy (non-hydrogen) atoms. The molecule has 0 heterocycles. The number of benzene rings is 1. The Hall–Kier alpha value is -1.40. The highest BCUT2D eigenvalue weighted by atomic mass is 32.2. The molecule has 3 N–H and O–H groups in total. The van der Waals surface area contributed by atoms with Crippen LogP contribution in [0.4, 0.5) is 0 Å². The molecule has 1 aromatic carbocycles. The van der Waals surface area contributed by atoms with Gasteiger partial charge in [0.15, 0.2) is 9.84 Å². The van der Waals surface area contributed by atoms with E-state index in [0.29, 0.717) is 18.2 Å². The van der Waals surface area contributed by atoms with Crippen LogP contribution in [0.2, 0.25) is 0 Å². The van der Waals surface area contributed by atoms with Crippen LogP contribution in [0.15, 0.2) is 29.2 Å². The molecule has 5 nitrogen and oxygen atoms in total. The molecular formula is C15H25N3O2S. The van der Waals surface area contributed by atoms with Crippen LogP contribution >= 0.6 is 0 Å². The first-order valence-corrected chi connectivity index (χ1v) is 8.88. The van der Waals surface area contributed by atoms with Crippen LogP contribution in [0, 0.1) is 5.41 Å². The molecule has 6 heteroatoms. The molecule has 0 fully saturated rings. The van der Waals surface area contributed by atoms with Crippen molar-refractivity contribution in [3.05, 3.63) is 29.8 Å². The Morgan fingerprint density at radius 2 is 1.86 bits per heavy atom. The third-order valence-corrected chi connectivity index (χ3v) is 5.50. The lowest BCUT2D eigenvalue weighted by Gasteiger charge is -2.26. The van der Waals surface area contributed by atoms with Gasteiger partial charge < -0.3 is 5.73 Å². The fourth-order valence-electron chi connectivity index (χ4n) is 2.15. The zero-order valence-corrected chi connectivity index (χ0v) is 13.8. The molecule has 0 bridgehead atoms. The number of amidine groups is 1. The first-order valence-electron chi connectivity index (χ1n) is 7.23. The highest BCUT2D eigenvalue weighted by molar-refractivity contribution is 7.91. The second-order valence-corrected chi connectivity index (χ2v) is 7.25. The molecule has 1 aromatic rings. The van der Waals surface area contributed by atoms with E-state index in [0.717, 1.165) is 13.0 Å². The molecule has 0 aliphatic heterocycles. The topological polar surface area (TPSA) is 87.2 Å². The van der Waals surface area contributed by atoms with E-state index in [2.05, 4.69) is 18.7 Å². The van der Waals surface area contributed by atoms with E-state index in [1.54, 1.807) is 12.1 Å². The van der Waals surface area contributed by atoms with Crippen LogP contribution in [-0.2, 0) is 9.84 Å². The zero-order chi connectivity index (χ0) is 16.0. The van der Waals surface area contributed by atoms with E-state index in [9.17, 15) is 8.42 Å². The average Bonchev–Trinajstić information content (AvgIpc) is 2.47. The van der Waals surface area contributed by atoms with Crippen molar-refractivity contribution in [1.82, 2.24) is 4.90 Å². The first-order chi connectivity index (χ1) is 9.81. The molecule has 0 amide bonds. The molecule has 0 radical (unpaired) electrons.